The van der Waals surface area contributed by atoms with Crippen molar-refractivity contribution in [1.82, 2.24) is 4.90 Å². The van der Waals surface area contributed by atoms with Crippen molar-refractivity contribution in [2.45, 2.75) is 31.8 Å². The highest BCUT2D eigenvalue weighted by Crippen LogP contribution is 2.17. The first-order valence-corrected chi connectivity index (χ1v) is 6.93. The highest BCUT2D eigenvalue weighted by Gasteiger charge is 2.28. The third-order valence-electron chi connectivity index (χ3n) is 3.78. The van der Waals surface area contributed by atoms with E-state index in [1.54, 1.807) is 4.90 Å². The van der Waals surface area contributed by atoms with Gasteiger partial charge in [0.25, 0.3) is 5.91 Å². The van der Waals surface area contributed by atoms with Gasteiger partial charge in [-0.1, -0.05) is 0 Å². The molecule has 2 fully saturated rings. The van der Waals surface area contributed by atoms with Gasteiger partial charge >= 0.3 is 5.97 Å². The van der Waals surface area contributed by atoms with E-state index < -0.39 is 12.1 Å². The number of rotatable bonds is 4. The summed E-state index contributed by atoms with van der Waals surface area (Å²) in [6, 6.07) is 0. The Hall–Kier alpha value is -1.63. The molecule has 0 bridgehead atoms. The Morgan fingerprint density at radius 2 is 1.90 bits per heavy atom. The first kappa shape index (κ1) is 14.8. The lowest BCUT2D eigenvalue weighted by Crippen LogP contribution is -2.43. The molecule has 0 aromatic heterocycles. The molecular formula is C13H20N2O5. The lowest BCUT2D eigenvalue weighted by Gasteiger charge is -2.30. The molecule has 0 aromatic rings. The average molecular weight is 284 g/mol. The third kappa shape index (κ3) is 3.69. The smallest absolute Gasteiger partial charge is 0.335 e. The van der Waals surface area contributed by atoms with Crippen LogP contribution >= 0.6 is 0 Å². The van der Waals surface area contributed by atoms with E-state index >= 15 is 0 Å². The number of ether oxygens (including phenoxy) is 2. The summed E-state index contributed by atoms with van der Waals surface area (Å²) < 4.78 is 10.2. The van der Waals surface area contributed by atoms with Gasteiger partial charge in [-0.15, -0.1) is 0 Å². The van der Waals surface area contributed by atoms with Crippen LogP contribution in [0.5, 0.6) is 0 Å². The molecule has 2 aliphatic heterocycles. The van der Waals surface area contributed by atoms with Crippen molar-refractivity contribution in [3.8, 4) is 0 Å². The van der Waals surface area contributed by atoms with E-state index in [1.165, 1.54) is 0 Å². The molecule has 2 rings (SSSR count). The summed E-state index contributed by atoms with van der Waals surface area (Å²) in [4.78, 5) is 36.1. The zero-order chi connectivity index (χ0) is 14.5. The Balaban J connectivity index is 1.70. The van der Waals surface area contributed by atoms with E-state index in [2.05, 4.69) is 0 Å². The predicted octanol–water partition coefficient (Wildman–Crippen LogP) is -0.567. The summed E-state index contributed by atoms with van der Waals surface area (Å²) in [7, 11) is 0. The topological polar surface area (TPSA) is 98.9 Å². The van der Waals surface area contributed by atoms with Gasteiger partial charge in [-0.3, -0.25) is 9.59 Å². The second-order valence-electron chi connectivity index (χ2n) is 5.17. The maximum absolute atomic E-state index is 11.9. The monoisotopic (exact) mass is 284 g/mol. The molecule has 0 unspecified atom stereocenters. The maximum Gasteiger partial charge on any atom is 0.335 e. The number of esters is 1. The van der Waals surface area contributed by atoms with Crippen LogP contribution in [0.15, 0.2) is 0 Å². The van der Waals surface area contributed by atoms with E-state index in [4.69, 9.17) is 15.2 Å². The largest absolute Gasteiger partial charge is 0.454 e. The molecule has 2 saturated heterocycles. The van der Waals surface area contributed by atoms with E-state index in [0.717, 1.165) is 6.42 Å². The van der Waals surface area contributed by atoms with Crippen molar-refractivity contribution < 1.29 is 23.9 Å². The van der Waals surface area contributed by atoms with E-state index in [1.807, 2.05) is 0 Å². The van der Waals surface area contributed by atoms with Crippen LogP contribution in [0.3, 0.4) is 0 Å². The molecule has 2 amide bonds. The summed E-state index contributed by atoms with van der Waals surface area (Å²) in [6.45, 7) is 1.25. The molecule has 7 heteroatoms. The lowest BCUT2D eigenvalue weighted by molar-refractivity contribution is -0.160. The summed E-state index contributed by atoms with van der Waals surface area (Å²) in [5, 5.41) is 0. The van der Waals surface area contributed by atoms with E-state index in [9.17, 15) is 14.4 Å². The van der Waals surface area contributed by atoms with Crippen molar-refractivity contribution in [1.29, 1.82) is 0 Å². The van der Waals surface area contributed by atoms with Crippen LogP contribution in [0, 0.1) is 5.92 Å². The van der Waals surface area contributed by atoms with Crippen molar-refractivity contribution in [2.75, 3.05) is 26.3 Å². The summed E-state index contributed by atoms with van der Waals surface area (Å²) in [5.41, 5.74) is 5.23. The number of carbonyl (C=O) groups is 3. The fourth-order valence-corrected chi connectivity index (χ4v) is 2.49. The fraction of sp³-hybridized carbons (Fsp3) is 0.769. The Labute approximate surface area is 117 Å². The Kier molecular flexibility index (Phi) is 4.94. The molecule has 0 spiro atoms. The second-order valence-corrected chi connectivity index (χ2v) is 5.17. The number of nitrogens with two attached hydrogens (primary N) is 1. The molecule has 0 aromatic carbocycles. The van der Waals surface area contributed by atoms with Crippen molar-refractivity contribution in [3.05, 3.63) is 0 Å². The molecule has 1 atom stereocenters. The van der Waals surface area contributed by atoms with Gasteiger partial charge in [-0.05, 0) is 25.7 Å². The van der Waals surface area contributed by atoms with Crippen LogP contribution in [0.25, 0.3) is 0 Å². The molecule has 0 radical (unpaired) electrons. The van der Waals surface area contributed by atoms with Gasteiger partial charge in [0.15, 0.2) is 12.7 Å². The summed E-state index contributed by atoms with van der Waals surface area (Å²) >= 11 is 0. The van der Waals surface area contributed by atoms with Gasteiger partial charge in [0.05, 0.1) is 0 Å². The number of primary amides is 1. The molecule has 2 aliphatic rings. The van der Waals surface area contributed by atoms with Crippen molar-refractivity contribution >= 4 is 17.8 Å². The highest BCUT2D eigenvalue weighted by atomic mass is 16.6. The van der Waals surface area contributed by atoms with Crippen LogP contribution in [0.4, 0.5) is 0 Å². The number of likely N-dealkylation sites (tertiary alicyclic amines) is 1. The van der Waals surface area contributed by atoms with E-state index in [-0.39, 0.29) is 24.3 Å². The quantitative estimate of drug-likeness (QED) is 0.697. The van der Waals surface area contributed by atoms with Gasteiger partial charge in [-0.2, -0.15) is 0 Å². The Morgan fingerprint density at radius 1 is 1.20 bits per heavy atom. The maximum atomic E-state index is 11.9. The summed E-state index contributed by atoms with van der Waals surface area (Å²) in [6.07, 6.45) is 2.11. The first-order chi connectivity index (χ1) is 9.58. The molecular weight excluding hydrogens is 264 g/mol. The van der Waals surface area contributed by atoms with E-state index in [0.29, 0.717) is 39.0 Å². The number of piperidine rings is 1. The van der Waals surface area contributed by atoms with Crippen molar-refractivity contribution in [3.63, 3.8) is 0 Å². The minimum Gasteiger partial charge on any atom is -0.454 e. The Bertz CT molecular complexity index is 384. The summed E-state index contributed by atoms with van der Waals surface area (Å²) in [5.74, 6) is -1.18. The van der Waals surface area contributed by atoms with Crippen LogP contribution in [0.2, 0.25) is 0 Å². The average Bonchev–Trinajstić information content (AvgIpc) is 2.98. The first-order valence-electron chi connectivity index (χ1n) is 6.93. The molecule has 2 heterocycles. The SMILES string of the molecule is NC(=O)C1CCN(C(=O)COC(=O)[C@@H]2CCCO2)CC1. The minimum atomic E-state index is -0.525. The van der Waals surface area contributed by atoms with Gasteiger partial charge < -0.3 is 20.1 Å². The van der Waals surface area contributed by atoms with Gasteiger partial charge in [0, 0.05) is 25.6 Å². The molecule has 0 aliphatic carbocycles. The van der Waals surface area contributed by atoms with Crippen LogP contribution in [-0.2, 0) is 23.9 Å². The molecule has 7 nitrogen and oxygen atoms in total. The van der Waals surface area contributed by atoms with Crippen LogP contribution < -0.4 is 5.73 Å². The lowest BCUT2D eigenvalue weighted by atomic mass is 9.96. The minimum absolute atomic E-state index is 0.159. The predicted molar refractivity (Wildman–Crippen MR) is 68.4 cm³/mol. The second kappa shape index (κ2) is 6.69. The normalized spacial score (nSPS) is 23.6. The molecule has 20 heavy (non-hydrogen) atoms. The molecule has 2 N–H and O–H groups in total. The number of hydrogen-bond acceptors (Lipinski definition) is 5. The number of carbonyl (C=O) groups excluding carboxylic acids is 3. The highest BCUT2D eigenvalue weighted by molar-refractivity contribution is 5.82. The molecule has 0 saturated carbocycles. The Morgan fingerprint density at radius 3 is 2.45 bits per heavy atom. The third-order valence-corrected chi connectivity index (χ3v) is 3.78. The fourth-order valence-electron chi connectivity index (χ4n) is 2.49. The zero-order valence-electron chi connectivity index (χ0n) is 11.4. The number of amides is 2. The van der Waals surface area contributed by atoms with Gasteiger partial charge in [0.2, 0.25) is 5.91 Å². The zero-order valence-corrected chi connectivity index (χ0v) is 11.4. The van der Waals surface area contributed by atoms with Crippen LogP contribution in [-0.4, -0.2) is 55.1 Å². The van der Waals surface area contributed by atoms with Crippen molar-refractivity contribution in [2.24, 2.45) is 11.7 Å². The number of hydrogen-bond donors (Lipinski definition) is 1. The number of nitrogens with zero attached hydrogens (tertiary/aromatic N) is 1. The van der Waals surface area contributed by atoms with Gasteiger partial charge in [-0.25, -0.2) is 4.79 Å². The standard InChI is InChI=1S/C13H20N2O5/c14-12(17)9-3-5-15(6-4-9)11(16)8-20-13(18)10-2-1-7-19-10/h9-10H,1-8H2,(H2,14,17)/t10-/m0/s1. The van der Waals surface area contributed by atoms with Crippen LogP contribution in [0.1, 0.15) is 25.7 Å². The van der Waals surface area contributed by atoms with Gasteiger partial charge in [0.1, 0.15) is 0 Å². The molecule has 112 valence electrons.